The summed E-state index contributed by atoms with van der Waals surface area (Å²) >= 11 is 0. The molecule has 0 rings (SSSR count). The molecular formula is C11H20N2O2. The van der Waals surface area contributed by atoms with Gasteiger partial charge in [-0.05, 0) is 20.3 Å². The largest absolute Gasteiger partial charge is 0.394 e. The number of hydrogen-bond acceptors (Lipinski definition) is 3. The van der Waals surface area contributed by atoms with Crippen LogP contribution in [0.2, 0.25) is 0 Å². The van der Waals surface area contributed by atoms with Crippen LogP contribution in [0.5, 0.6) is 0 Å². The molecule has 2 atom stereocenters. The molecule has 0 radical (unpaired) electrons. The summed E-state index contributed by atoms with van der Waals surface area (Å²) in [7, 11) is 0. The van der Waals surface area contributed by atoms with E-state index in [1.165, 1.54) is 0 Å². The van der Waals surface area contributed by atoms with Gasteiger partial charge in [0.15, 0.2) is 0 Å². The van der Waals surface area contributed by atoms with Crippen LogP contribution in [0.4, 0.5) is 0 Å². The molecule has 2 unspecified atom stereocenters. The number of aliphatic hydroxyl groups excluding tert-OH is 1. The van der Waals surface area contributed by atoms with Gasteiger partial charge in [0.2, 0.25) is 5.91 Å². The fourth-order valence-electron chi connectivity index (χ4n) is 1.14. The maximum atomic E-state index is 11.5. The number of nitrogens with one attached hydrogen (secondary N) is 2. The highest BCUT2D eigenvalue weighted by Gasteiger charge is 2.25. The lowest BCUT2D eigenvalue weighted by molar-refractivity contribution is -0.123. The Morgan fingerprint density at radius 3 is 2.67 bits per heavy atom. The molecule has 0 spiro atoms. The van der Waals surface area contributed by atoms with Crippen molar-refractivity contribution < 1.29 is 9.90 Å². The lowest BCUT2D eigenvalue weighted by Crippen LogP contribution is -2.54. The SMILES string of the molecule is C#CCNC(=O)C(C)NC(C)(CC)CO. The topological polar surface area (TPSA) is 61.4 Å². The van der Waals surface area contributed by atoms with Crippen LogP contribution in [-0.2, 0) is 4.79 Å². The van der Waals surface area contributed by atoms with Gasteiger partial charge in [0, 0.05) is 5.54 Å². The fourth-order valence-corrected chi connectivity index (χ4v) is 1.14. The van der Waals surface area contributed by atoms with Crippen LogP contribution in [0.1, 0.15) is 27.2 Å². The van der Waals surface area contributed by atoms with Crippen molar-refractivity contribution in [1.29, 1.82) is 0 Å². The Labute approximate surface area is 91.4 Å². The van der Waals surface area contributed by atoms with Crippen LogP contribution in [0.15, 0.2) is 0 Å². The number of amides is 1. The third-order valence-electron chi connectivity index (χ3n) is 2.45. The van der Waals surface area contributed by atoms with Crippen molar-refractivity contribution in [3.8, 4) is 12.3 Å². The van der Waals surface area contributed by atoms with Gasteiger partial charge in [0.05, 0.1) is 19.2 Å². The average Bonchev–Trinajstić information content (AvgIpc) is 2.25. The van der Waals surface area contributed by atoms with E-state index < -0.39 is 5.54 Å². The number of carbonyl (C=O) groups excluding carboxylic acids is 1. The Morgan fingerprint density at radius 2 is 2.27 bits per heavy atom. The molecule has 86 valence electrons. The van der Waals surface area contributed by atoms with Crippen molar-refractivity contribution in [3.05, 3.63) is 0 Å². The Bertz CT molecular complexity index is 241. The third-order valence-corrected chi connectivity index (χ3v) is 2.45. The Hall–Kier alpha value is -1.05. The minimum Gasteiger partial charge on any atom is -0.394 e. The Balaban J connectivity index is 4.17. The first-order valence-corrected chi connectivity index (χ1v) is 5.09. The summed E-state index contributed by atoms with van der Waals surface area (Å²) in [5.74, 6) is 2.18. The molecule has 0 saturated heterocycles. The third kappa shape index (κ3) is 4.82. The minimum absolute atomic E-state index is 0.00371. The molecule has 0 saturated carbocycles. The van der Waals surface area contributed by atoms with Crippen LogP contribution < -0.4 is 10.6 Å². The highest BCUT2D eigenvalue weighted by Crippen LogP contribution is 2.08. The van der Waals surface area contributed by atoms with E-state index in [1.54, 1.807) is 6.92 Å². The number of hydrogen-bond donors (Lipinski definition) is 3. The molecule has 0 bridgehead atoms. The molecule has 0 aromatic rings. The van der Waals surface area contributed by atoms with Gasteiger partial charge in [0.25, 0.3) is 0 Å². The maximum absolute atomic E-state index is 11.5. The lowest BCUT2D eigenvalue weighted by Gasteiger charge is -2.30. The second-order valence-corrected chi connectivity index (χ2v) is 3.86. The molecule has 0 aromatic heterocycles. The van der Waals surface area contributed by atoms with Crippen LogP contribution in [0, 0.1) is 12.3 Å². The van der Waals surface area contributed by atoms with Gasteiger partial charge < -0.3 is 10.4 Å². The van der Waals surface area contributed by atoms with E-state index in [0.29, 0.717) is 0 Å². The van der Waals surface area contributed by atoms with E-state index in [9.17, 15) is 4.79 Å². The molecular weight excluding hydrogens is 192 g/mol. The van der Waals surface area contributed by atoms with Crippen molar-refractivity contribution in [1.82, 2.24) is 10.6 Å². The van der Waals surface area contributed by atoms with Gasteiger partial charge in [-0.1, -0.05) is 12.8 Å². The highest BCUT2D eigenvalue weighted by atomic mass is 16.3. The van der Waals surface area contributed by atoms with Crippen molar-refractivity contribution >= 4 is 5.91 Å². The van der Waals surface area contributed by atoms with Crippen LogP contribution in [0.25, 0.3) is 0 Å². The molecule has 0 fully saturated rings. The smallest absolute Gasteiger partial charge is 0.237 e. The predicted octanol–water partition coefficient (Wildman–Crippen LogP) is -0.125. The summed E-state index contributed by atoms with van der Waals surface area (Å²) in [4.78, 5) is 11.5. The summed E-state index contributed by atoms with van der Waals surface area (Å²) in [6.07, 6.45) is 5.78. The minimum atomic E-state index is -0.424. The fraction of sp³-hybridized carbons (Fsp3) is 0.727. The number of aliphatic hydroxyl groups is 1. The van der Waals surface area contributed by atoms with E-state index in [2.05, 4.69) is 16.6 Å². The Kier molecular flexibility index (Phi) is 5.99. The lowest BCUT2D eigenvalue weighted by atomic mass is 9.99. The standard InChI is InChI=1S/C11H20N2O2/c1-5-7-12-10(15)9(3)13-11(4,6-2)8-14/h1,9,13-14H,6-8H2,2-4H3,(H,12,15). The normalized spacial score (nSPS) is 16.2. The zero-order valence-corrected chi connectivity index (χ0v) is 9.63. The van der Waals surface area contributed by atoms with Crippen molar-refractivity contribution in [2.24, 2.45) is 0 Å². The van der Waals surface area contributed by atoms with E-state index in [0.717, 1.165) is 6.42 Å². The van der Waals surface area contributed by atoms with E-state index >= 15 is 0 Å². The van der Waals surface area contributed by atoms with Gasteiger partial charge in [-0.15, -0.1) is 6.42 Å². The Morgan fingerprint density at radius 1 is 1.67 bits per heavy atom. The van der Waals surface area contributed by atoms with E-state index in [-0.39, 0.29) is 25.1 Å². The quantitative estimate of drug-likeness (QED) is 0.538. The predicted molar refractivity (Wildman–Crippen MR) is 60.2 cm³/mol. The monoisotopic (exact) mass is 212 g/mol. The molecule has 4 heteroatoms. The first kappa shape index (κ1) is 13.9. The van der Waals surface area contributed by atoms with Gasteiger partial charge in [-0.3, -0.25) is 10.1 Å². The average molecular weight is 212 g/mol. The molecule has 0 aliphatic carbocycles. The first-order valence-electron chi connectivity index (χ1n) is 5.09. The summed E-state index contributed by atoms with van der Waals surface area (Å²) in [6, 6.07) is -0.365. The summed E-state index contributed by atoms with van der Waals surface area (Å²) < 4.78 is 0. The van der Waals surface area contributed by atoms with Crippen LogP contribution in [0.3, 0.4) is 0 Å². The molecule has 0 aliphatic rings. The highest BCUT2D eigenvalue weighted by molar-refractivity contribution is 5.81. The molecule has 0 aliphatic heterocycles. The molecule has 15 heavy (non-hydrogen) atoms. The summed E-state index contributed by atoms with van der Waals surface area (Å²) in [6.45, 7) is 5.80. The van der Waals surface area contributed by atoms with Gasteiger partial charge in [-0.2, -0.15) is 0 Å². The van der Waals surface area contributed by atoms with Crippen LogP contribution >= 0.6 is 0 Å². The van der Waals surface area contributed by atoms with Gasteiger partial charge >= 0.3 is 0 Å². The second kappa shape index (κ2) is 6.44. The molecule has 0 aromatic carbocycles. The molecule has 1 amide bonds. The molecule has 0 heterocycles. The second-order valence-electron chi connectivity index (χ2n) is 3.86. The number of terminal acetylenes is 1. The van der Waals surface area contributed by atoms with Crippen molar-refractivity contribution in [3.63, 3.8) is 0 Å². The zero-order chi connectivity index (χ0) is 11.9. The first-order chi connectivity index (χ1) is 6.99. The van der Waals surface area contributed by atoms with Crippen LogP contribution in [-0.4, -0.2) is 35.7 Å². The van der Waals surface area contributed by atoms with Crippen molar-refractivity contribution in [2.45, 2.75) is 38.8 Å². The zero-order valence-electron chi connectivity index (χ0n) is 9.63. The van der Waals surface area contributed by atoms with Crippen molar-refractivity contribution in [2.75, 3.05) is 13.2 Å². The maximum Gasteiger partial charge on any atom is 0.237 e. The summed E-state index contributed by atoms with van der Waals surface area (Å²) in [5, 5.41) is 14.8. The van der Waals surface area contributed by atoms with E-state index in [4.69, 9.17) is 11.5 Å². The number of carbonyl (C=O) groups is 1. The van der Waals surface area contributed by atoms with E-state index in [1.807, 2.05) is 13.8 Å². The van der Waals surface area contributed by atoms with Gasteiger partial charge in [-0.25, -0.2) is 0 Å². The molecule has 4 nitrogen and oxygen atoms in total. The summed E-state index contributed by atoms with van der Waals surface area (Å²) in [5.41, 5.74) is -0.424. The number of rotatable bonds is 6. The van der Waals surface area contributed by atoms with Gasteiger partial charge in [0.1, 0.15) is 0 Å². The molecule has 3 N–H and O–H groups in total.